The van der Waals surface area contributed by atoms with Crippen LogP contribution in [0.3, 0.4) is 0 Å². The minimum Gasteiger partial charge on any atom is -0.497 e. The van der Waals surface area contributed by atoms with Crippen molar-refractivity contribution in [3.8, 4) is 17.1 Å². The van der Waals surface area contributed by atoms with Gasteiger partial charge >= 0.3 is 0 Å². The Bertz CT molecular complexity index is 724. The van der Waals surface area contributed by atoms with Gasteiger partial charge in [0.2, 0.25) is 17.6 Å². The van der Waals surface area contributed by atoms with Crippen molar-refractivity contribution < 1.29 is 14.1 Å². The number of carbonyl (C=O) groups excluding carboxylic acids is 1. The summed E-state index contributed by atoms with van der Waals surface area (Å²) in [5, 5.41) is 7.03. The molecule has 1 atom stereocenters. The van der Waals surface area contributed by atoms with Crippen LogP contribution in [0.5, 0.6) is 5.75 Å². The lowest BCUT2D eigenvalue weighted by Gasteiger charge is -2.29. The first-order chi connectivity index (χ1) is 12.0. The molecule has 0 saturated heterocycles. The number of carbonyl (C=O) groups is 1. The summed E-state index contributed by atoms with van der Waals surface area (Å²) in [6.45, 7) is 2.46. The lowest BCUT2D eigenvalue weighted by Crippen LogP contribution is -2.53. The molecule has 1 unspecified atom stereocenters. The Morgan fingerprint density at radius 3 is 2.72 bits per heavy atom. The summed E-state index contributed by atoms with van der Waals surface area (Å²) < 4.78 is 10.4. The monoisotopic (exact) mass is 344 g/mol. The Kier molecular flexibility index (Phi) is 5.03. The maximum absolute atomic E-state index is 12.2. The van der Waals surface area contributed by atoms with Gasteiger partial charge in [0.15, 0.2) is 0 Å². The first kappa shape index (κ1) is 17.4. The zero-order valence-corrected chi connectivity index (χ0v) is 14.6. The van der Waals surface area contributed by atoms with Crippen LogP contribution in [0.4, 0.5) is 0 Å². The van der Waals surface area contributed by atoms with Gasteiger partial charge in [-0.2, -0.15) is 4.98 Å². The van der Waals surface area contributed by atoms with Crippen LogP contribution in [0.15, 0.2) is 28.8 Å². The zero-order valence-electron chi connectivity index (χ0n) is 14.6. The predicted molar refractivity (Wildman–Crippen MR) is 92.9 cm³/mol. The SMILES string of the molecule is COc1ccc(-c2noc(CCC(=O)NC(C)(CN)C3CC3)n2)cc1. The van der Waals surface area contributed by atoms with Crippen LogP contribution in [0, 0.1) is 5.92 Å². The second-order valence-electron chi connectivity index (χ2n) is 6.68. The summed E-state index contributed by atoms with van der Waals surface area (Å²) in [4.78, 5) is 16.5. The van der Waals surface area contributed by atoms with E-state index in [0.717, 1.165) is 24.2 Å². The molecule has 1 aromatic carbocycles. The van der Waals surface area contributed by atoms with Gasteiger partial charge in [-0.15, -0.1) is 0 Å². The Labute approximate surface area is 146 Å². The normalized spacial score (nSPS) is 16.3. The van der Waals surface area contributed by atoms with Crippen molar-refractivity contribution in [1.82, 2.24) is 15.5 Å². The van der Waals surface area contributed by atoms with Crippen molar-refractivity contribution in [1.29, 1.82) is 0 Å². The van der Waals surface area contributed by atoms with Crippen molar-refractivity contribution in [2.75, 3.05) is 13.7 Å². The number of benzene rings is 1. The van der Waals surface area contributed by atoms with Gasteiger partial charge in [-0.05, 0) is 49.9 Å². The number of ether oxygens (including phenoxy) is 1. The summed E-state index contributed by atoms with van der Waals surface area (Å²) in [6, 6.07) is 7.40. The summed E-state index contributed by atoms with van der Waals surface area (Å²) >= 11 is 0. The van der Waals surface area contributed by atoms with E-state index in [9.17, 15) is 4.79 Å². The molecule has 7 nitrogen and oxygen atoms in total. The molecular formula is C18H24N4O3. The summed E-state index contributed by atoms with van der Waals surface area (Å²) in [6.07, 6.45) is 2.96. The van der Waals surface area contributed by atoms with Gasteiger partial charge in [-0.3, -0.25) is 4.79 Å². The molecule has 7 heteroatoms. The molecule has 134 valence electrons. The van der Waals surface area contributed by atoms with Gasteiger partial charge in [0.05, 0.1) is 12.6 Å². The Morgan fingerprint density at radius 1 is 1.40 bits per heavy atom. The van der Waals surface area contributed by atoms with Gasteiger partial charge < -0.3 is 20.3 Å². The maximum Gasteiger partial charge on any atom is 0.227 e. The highest BCUT2D eigenvalue weighted by atomic mass is 16.5. The van der Waals surface area contributed by atoms with E-state index < -0.39 is 0 Å². The summed E-state index contributed by atoms with van der Waals surface area (Å²) in [5.41, 5.74) is 6.36. The van der Waals surface area contributed by atoms with Crippen LogP contribution in [-0.4, -0.2) is 35.2 Å². The fraction of sp³-hybridized carbons (Fsp3) is 0.500. The van der Waals surface area contributed by atoms with Gasteiger partial charge in [-0.1, -0.05) is 5.16 Å². The largest absolute Gasteiger partial charge is 0.497 e. The van der Waals surface area contributed by atoms with Crippen molar-refractivity contribution in [3.05, 3.63) is 30.2 Å². The average molecular weight is 344 g/mol. The van der Waals surface area contributed by atoms with E-state index in [0.29, 0.717) is 37.0 Å². The number of hydrogen-bond acceptors (Lipinski definition) is 6. The number of methoxy groups -OCH3 is 1. The van der Waals surface area contributed by atoms with Gasteiger partial charge in [0, 0.05) is 24.9 Å². The minimum absolute atomic E-state index is 0.0379. The van der Waals surface area contributed by atoms with Crippen molar-refractivity contribution >= 4 is 5.91 Å². The second kappa shape index (κ2) is 7.23. The first-order valence-electron chi connectivity index (χ1n) is 8.52. The summed E-state index contributed by atoms with van der Waals surface area (Å²) in [5.74, 6) is 2.17. The van der Waals surface area contributed by atoms with E-state index in [1.807, 2.05) is 31.2 Å². The molecule has 1 fully saturated rings. The molecule has 3 rings (SSSR count). The topological polar surface area (TPSA) is 103 Å². The molecule has 1 aliphatic rings. The molecule has 1 heterocycles. The first-order valence-corrected chi connectivity index (χ1v) is 8.52. The predicted octanol–water partition coefficient (Wildman–Crippen LogP) is 1.92. The number of nitrogens with one attached hydrogen (secondary N) is 1. The molecule has 0 bridgehead atoms. The van der Waals surface area contributed by atoms with Crippen molar-refractivity contribution in [3.63, 3.8) is 0 Å². The molecule has 1 aliphatic carbocycles. The lowest BCUT2D eigenvalue weighted by atomic mass is 9.95. The van der Waals surface area contributed by atoms with E-state index in [-0.39, 0.29) is 11.4 Å². The number of aromatic nitrogens is 2. The van der Waals surface area contributed by atoms with E-state index in [1.54, 1.807) is 7.11 Å². The third kappa shape index (κ3) is 4.17. The number of hydrogen-bond donors (Lipinski definition) is 2. The Morgan fingerprint density at radius 2 is 2.12 bits per heavy atom. The minimum atomic E-state index is -0.305. The third-order valence-corrected chi connectivity index (χ3v) is 4.71. The molecule has 0 aliphatic heterocycles. The molecule has 2 aromatic rings. The van der Waals surface area contributed by atoms with Crippen molar-refractivity contribution in [2.24, 2.45) is 11.7 Å². The van der Waals surface area contributed by atoms with E-state index in [4.69, 9.17) is 15.0 Å². The maximum atomic E-state index is 12.2. The number of rotatable bonds is 8. The number of nitrogens with two attached hydrogens (primary N) is 1. The quantitative estimate of drug-likeness (QED) is 0.758. The molecule has 25 heavy (non-hydrogen) atoms. The number of amides is 1. The summed E-state index contributed by atoms with van der Waals surface area (Å²) in [7, 11) is 1.62. The van der Waals surface area contributed by atoms with Gasteiger partial charge in [-0.25, -0.2) is 0 Å². The van der Waals surface area contributed by atoms with Crippen LogP contribution in [-0.2, 0) is 11.2 Å². The molecular weight excluding hydrogens is 320 g/mol. The van der Waals surface area contributed by atoms with Crippen LogP contribution in [0.25, 0.3) is 11.4 Å². The Hall–Kier alpha value is -2.41. The smallest absolute Gasteiger partial charge is 0.227 e. The Balaban J connectivity index is 1.55. The highest BCUT2D eigenvalue weighted by Gasteiger charge is 2.41. The molecule has 3 N–H and O–H groups in total. The van der Waals surface area contributed by atoms with Gasteiger partial charge in [0.25, 0.3) is 0 Å². The fourth-order valence-electron chi connectivity index (χ4n) is 2.86. The highest BCUT2D eigenvalue weighted by Crippen LogP contribution is 2.39. The molecule has 0 spiro atoms. The number of nitrogens with zero attached hydrogens (tertiary/aromatic N) is 2. The lowest BCUT2D eigenvalue weighted by molar-refractivity contribution is -0.123. The molecule has 1 amide bonds. The highest BCUT2D eigenvalue weighted by molar-refractivity contribution is 5.77. The van der Waals surface area contributed by atoms with Crippen LogP contribution in [0.2, 0.25) is 0 Å². The van der Waals surface area contributed by atoms with Crippen LogP contribution in [0.1, 0.15) is 32.1 Å². The van der Waals surface area contributed by atoms with Crippen molar-refractivity contribution in [2.45, 2.75) is 38.1 Å². The van der Waals surface area contributed by atoms with Crippen LogP contribution < -0.4 is 15.8 Å². The molecule has 1 saturated carbocycles. The third-order valence-electron chi connectivity index (χ3n) is 4.71. The fourth-order valence-corrected chi connectivity index (χ4v) is 2.86. The standard InChI is InChI=1S/C18H24N4O3/c1-18(11-19,13-5-6-13)21-15(23)9-10-16-20-17(22-25-16)12-3-7-14(24-2)8-4-12/h3-4,7-8,13H,5-6,9-11,19H2,1-2H3,(H,21,23). The number of aryl methyl sites for hydroxylation is 1. The molecule has 1 aromatic heterocycles. The van der Waals surface area contributed by atoms with Crippen LogP contribution >= 0.6 is 0 Å². The van der Waals surface area contributed by atoms with E-state index in [1.165, 1.54) is 0 Å². The second-order valence-corrected chi connectivity index (χ2v) is 6.68. The van der Waals surface area contributed by atoms with Gasteiger partial charge in [0.1, 0.15) is 5.75 Å². The zero-order chi connectivity index (χ0) is 17.9. The molecule has 0 radical (unpaired) electrons. The van der Waals surface area contributed by atoms with E-state index in [2.05, 4.69) is 15.5 Å². The average Bonchev–Trinajstić information content (AvgIpc) is 3.39. The van der Waals surface area contributed by atoms with E-state index >= 15 is 0 Å².